The van der Waals surface area contributed by atoms with Crippen LogP contribution in [0.1, 0.15) is 20.8 Å². The molecule has 0 aliphatic carbocycles. The molecule has 1 aromatic carbocycles. The van der Waals surface area contributed by atoms with E-state index in [-0.39, 0.29) is 0 Å². The van der Waals surface area contributed by atoms with Gasteiger partial charge in [-0.1, -0.05) is 26.0 Å². The van der Waals surface area contributed by atoms with Crippen molar-refractivity contribution in [3.63, 3.8) is 0 Å². The van der Waals surface area contributed by atoms with Crippen molar-refractivity contribution in [1.29, 1.82) is 0 Å². The predicted octanol–water partition coefficient (Wildman–Crippen LogP) is 2.77. The molecule has 19 heavy (non-hydrogen) atoms. The second-order valence-corrected chi connectivity index (χ2v) is 4.78. The molecule has 1 aromatic heterocycles. The zero-order valence-electron chi connectivity index (χ0n) is 11.9. The first-order valence-corrected chi connectivity index (χ1v) is 6.93. The minimum atomic E-state index is 0.357. The minimum Gasteiger partial charge on any atom is -0.365 e. The minimum absolute atomic E-state index is 0.357. The number of nitrogens with one attached hydrogen (secondary N) is 1. The zero-order valence-corrected chi connectivity index (χ0v) is 11.9. The molecule has 1 unspecified atom stereocenters. The predicted molar refractivity (Wildman–Crippen MR) is 80.4 cm³/mol. The lowest BCUT2D eigenvalue weighted by molar-refractivity contribution is 0.294. The number of rotatable bonds is 6. The Kier molecular flexibility index (Phi) is 4.68. The molecular weight excluding hydrogens is 236 g/mol. The lowest BCUT2D eigenvalue weighted by Crippen LogP contribution is -2.34. The van der Waals surface area contributed by atoms with E-state index in [1.807, 2.05) is 24.3 Å². The van der Waals surface area contributed by atoms with E-state index in [0.29, 0.717) is 6.04 Å². The smallest absolute Gasteiger partial charge is 0.145 e. The summed E-state index contributed by atoms with van der Waals surface area (Å²) in [5, 5.41) is 3.42. The molecule has 0 spiro atoms. The van der Waals surface area contributed by atoms with Crippen LogP contribution in [0.5, 0.6) is 0 Å². The summed E-state index contributed by atoms with van der Waals surface area (Å²) in [5.41, 5.74) is 1.87. The maximum Gasteiger partial charge on any atom is 0.145 e. The molecule has 2 rings (SSSR count). The Balaban J connectivity index is 2.04. The van der Waals surface area contributed by atoms with Gasteiger partial charge in [-0.25, -0.2) is 4.98 Å². The maximum absolute atomic E-state index is 4.58. The molecule has 0 fully saturated rings. The van der Waals surface area contributed by atoms with Gasteiger partial charge < -0.3 is 10.2 Å². The topological polar surface area (TPSA) is 41.0 Å². The quantitative estimate of drug-likeness (QED) is 0.865. The van der Waals surface area contributed by atoms with E-state index in [2.05, 4.69) is 41.0 Å². The van der Waals surface area contributed by atoms with E-state index in [4.69, 9.17) is 0 Å². The van der Waals surface area contributed by atoms with Crippen LogP contribution in [0.15, 0.2) is 30.5 Å². The van der Waals surface area contributed by atoms with Crippen LogP contribution in [-0.2, 0) is 0 Å². The third-order valence-electron chi connectivity index (χ3n) is 3.27. The highest BCUT2D eigenvalue weighted by Gasteiger charge is 2.08. The molecule has 1 heterocycles. The fraction of sp³-hybridized carbons (Fsp3) is 0.467. The van der Waals surface area contributed by atoms with E-state index >= 15 is 0 Å². The molecule has 4 nitrogen and oxygen atoms in total. The van der Waals surface area contributed by atoms with Crippen molar-refractivity contribution < 1.29 is 0 Å². The first-order chi connectivity index (χ1) is 9.22. The van der Waals surface area contributed by atoms with Crippen LogP contribution in [0.4, 0.5) is 5.82 Å². The second-order valence-electron chi connectivity index (χ2n) is 4.78. The average Bonchev–Trinajstić information content (AvgIpc) is 2.44. The van der Waals surface area contributed by atoms with Crippen molar-refractivity contribution in [2.75, 3.05) is 25.0 Å². The Labute approximate surface area is 114 Å². The second kappa shape index (κ2) is 6.48. The normalized spacial score (nSPS) is 12.8. The highest BCUT2D eigenvalue weighted by Crippen LogP contribution is 2.12. The molecule has 0 amide bonds. The number of fused-ring (bicyclic) bond motifs is 1. The third kappa shape index (κ3) is 3.64. The van der Waals surface area contributed by atoms with Gasteiger partial charge in [0.05, 0.1) is 17.2 Å². The van der Waals surface area contributed by atoms with E-state index in [1.165, 1.54) is 0 Å². The van der Waals surface area contributed by atoms with Crippen LogP contribution in [0, 0.1) is 0 Å². The molecule has 0 bridgehead atoms. The number of benzene rings is 1. The molecule has 1 atom stereocenters. The Morgan fingerprint density at radius 2 is 1.84 bits per heavy atom. The van der Waals surface area contributed by atoms with Crippen LogP contribution in [0.2, 0.25) is 0 Å². The molecular formula is C15H22N4. The van der Waals surface area contributed by atoms with Gasteiger partial charge in [0, 0.05) is 12.6 Å². The van der Waals surface area contributed by atoms with E-state index in [0.717, 1.165) is 36.5 Å². The lowest BCUT2D eigenvalue weighted by Gasteiger charge is -2.23. The van der Waals surface area contributed by atoms with Crippen molar-refractivity contribution in [3.8, 4) is 0 Å². The molecule has 1 N–H and O–H groups in total. The number of anilines is 1. The lowest BCUT2D eigenvalue weighted by atomic mass is 10.3. The largest absolute Gasteiger partial charge is 0.365 e. The fourth-order valence-corrected chi connectivity index (χ4v) is 2.19. The number of hydrogen-bond donors (Lipinski definition) is 1. The van der Waals surface area contributed by atoms with Gasteiger partial charge >= 0.3 is 0 Å². The Morgan fingerprint density at radius 3 is 2.53 bits per heavy atom. The van der Waals surface area contributed by atoms with Crippen LogP contribution >= 0.6 is 0 Å². The van der Waals surface area contributed by atoms with Gasteiger partial charge in [-0.2, -0.15) is 0 Å². The summed E-state index contributed by atoms with van der Waals surface area (Å²) >= 11 is 0. The summed E-state index contributed by atoms with van der Waals surface area (Å²) < 4.78 is 0. The Hall–Kier alpha value is -1.68. The SMILES string of the molecule is CCN(CC)CC(C)Nc1cnc2ccccc2n1. The first-order valence-electron chi connectivity index (χ1n) is 6.93. The van der Waals surface area contributed by atoms with E-state index in [1.54, 1.807) is 6.20 Å². The van der Waals surface area contributed by atoms with Gasteiger partial charge in [-0.15, -0.1) is 0 Å². The molecule has 0 saturated carbocycles. The van der Waals surface area contributed by atoms with Gasteiger partial charge in [0.25, 0.3) is 0 Å². The van der Waals surface area contributed by atoms with Crippen molar-refractivity contribution in [3.05, 3.63) is 30.5 Å². The van der Waals surface area contributed by atoms with Gasteiger partial charge in [0.1, 0.15) is 5.82 Å². The summed E-state index contributed by atoms with van der Waals surface area (Å²) in [6, 6.07) is 8.29. The Bertz CT molecular complexity index is 522. The maximum atomic E-state index is 4.58. The molecule has 0 aliphatic rings. The third-order valence-corrected chi connectivity index (χ3v) is 3.27. The number of para-hydroxylation sites is 2. The van der Waals surface area contributed by atoms with Gasteiger partial charge in [-0.3, -0.25) is 4.98 Å². The molecule has 102 valence electrons. The summed E-state index contributed by atoms with van der Waals surface area (Å²) in [6.07, 6.45) is 1.81. The van der Waals surface area contributed by atoms with Gasteiger partial charge in [0.2, 0.25) is 0 Å². The number of nitrogens with zero attached hydrogens (tertiary/aromatic N) is 3. The van der Waals surface area contributed by atoms with Gasteiger partial charge in [-0.05, 0) is 32.1 Å². The standard InChI is InChI=1S/C15H22N4/c1-4-19(5-2)11-12(3)17-15-10-16-13-8-6-7-9-14(13)18-15/h6-10,12H,4-5,11H2,1-3H3,(H,17,18). The summed E-state index contributed by atoms with van der Waals surface area (Å²) in [5.74, 6) is 0.846. The summed E-state index contributed by atoms with van der Waals surface area (Å²) in [4.78, 5) is 11.4. The summed E-state index contributed by atoms with van der Waals surface area (Å²) in [6.45, 7) is 9.71. The molecule has 0 saturated heterocycles. The van der Waals surface area contributed by atoms with E-state index in [9.17, 15) is 0 Å². The fourth-order valence-electron chi connectivity index (χ4n) is 2.19. The van der Waals surface area contributed by atoms with Crippen molar-refractivity contribution in [1.82, 2.24) is 14.9 Å². The highest BCUT2D eigenvalue weighted by molar-refractivity contribution is 5.75. The van der Waals surface area contributed by atoms with E-state index < -0.39 is 0 Å². The van der Waals surface area contributed by atoms with Crippen molar-refractivity contribution >= 4 is 16.9 Å². The number of aromatic nitrogens is 2. The highest BCUT2D eigenvalue weighted by atomic mass is 15.1. The molecule has 0 radical (unpaired) electrons. The van der Waals surface area contributed by atoms with Crippen LogP contribution < -0.4 is 5.32 Å². The monoisotopic (exact) mass is 258 g/mol. The molecule has 2 aromatic rings. The van der Waals surface area contributed by atoms with Crippen molar-refractivity contribution in [2.45, 2.75) is 26.8 Å². The molecule has 4 heteroatoms. The summed E-state index contributed by atoms with van der Waals surface area (Å²) in [7, 11) is 0. The Morgan fingerprint density at radius 1 is 1.16 bits per heavy atom. The first kappa shape index (κ1) is 13.7. The van der Waals surface area contributed by atoms with Crippen LogP contribution in [0.25, 0.3) is 11.0 Å². The van der Waals surface area contributed by atoms with Crippen LogP contribution in [0.3, 0.4) is 0 Å². The molecule has 0 aliphatic heterocycles. The number of likely N-dealkylation sites (N-methyl/N-ethyl adjacent to an activating group) is 1. The van der Waals surface area contributed by atoms with Gasteiger partial charge in [0.15, 0.2) is 0 Å². The average molecular weight is 258 g/mol. The number of hydrogen-bond acceptors (Lipinski definition) is 4. The zero-order chi connectivity index (χ0) is 13.7. The van der Waals surface area contributed by atoms with Crippen molar-refractivity contribution in [2.24, 2.45) is 0 Å². The van der Waals surface area contributed by atoms with Crippen LogP contribution in [-0.4, -0.2) is 40.5 Å².